The Morgan fingerprint density at radius 2 is 1.85 bits per heavy atom. The number of hydrogen-bond donors (Lipinski definition) is 0. The van der Waals surface area contributed by atoms with Gasteiger partial charge < -0.3 is 18.6 Å². The number of aryl methyl sites for hydroxylation is 3. The molecule has 5 heteroatoms. The van der Waals surface area contributed by atoms with Gasteiger partial charge in [-0.25, -0.2) is 4.79 Å². The molecule has 0 unspecified atom stereocenters. The van der Waals surface area contributed by atoms with Crippen molar-refractivity contribution in [1.82, 2.24) is 0 Å². The summed E-state index contributed by atoms with van der Waals surface area (Å²) in [5, 5.41) is 0.688. The molecule has 2 aromatic carbocycles. The van der Waals surface area contributed by atoms with Crippen molar-refractivity contribution < 1.29 is 23.4 Å². The molecule has 3 rings (SSSR count). The Hall–Kier alpha value is -2.79. The van der Waals surface area contributed by atoms with Gasteiger partial charge in [-0.2, -0.15) is 0 Å². The molecule has 0 saturated heterocycles. The number of carbonyl (C=O) groups is 1. The van der Waals surface area contributed by atoms with Crippen molar-refractivity contribution in [1.29, 1.82) is 0 Å². The average molecular weight is 368 g/mol. The second kappa shape index (κ2) is 8.27. The minimum absolute atomic E-state index is 0.199. The van der Waals surface area contributed by atoms with Crippen LogP contribution in [0.1, 0.15) is 32.8 Å². The average Bonchev–Trinajstić information content (AvgIpc) is 2.97. The Kier molecular flexibility index (Phi) is 5.81. The minimum atomic E-state index is -0.421. The molecule has 0 spiro atoms. The fraction of sp³-hybridized carbons (Fsp3) is 0.318. The summed E-state index contributed by atoms with van der Waals surface area (Å²) in [6.07, 6.45) is 0. The first kappa shape index (κ1) is 19.0. The zero-order chi connectivity index (χ0) is 19.4. The zero-order valence-corrected chi connectivity index (χ0v) is 16.1. The summed E-state index contributed by atoms with van der Waals surface area (Å²) in [5.74, 6) is 0.782. The van der Waals surface area contributed by atoms with Crippen LogP contribution in [0, 0.1) is 20.8 Å². The highest BCUT2D eigenvalue weighted by Gasteiger charge is 2.20. The van der Waals surface area contributed by atoms with E-state index in [2.05, 4.69) is 32.0 Å². The van der Waals surface area contributed by atoms with Crippen molar-refractivity contribution in [2.45, 2.75) is 27.4 Å². The Morgan fingerprint density at radius 1 is 1.04 bits per heavy atom. The monoisotopic (exact) mass is 368 g/mol. The molecule has 0 amide bonds. The van der Waals surface area contributed by atoms with Gasteiger partial charge in [0.15, 0.2) is 0 Å². The third kappa shape index (κ3) is 4.31. The van der Waals surface area contributed by atoms with Crippen LogP contribution in [-0.2, 0) is 16.1 Å². The van der Waals surface area contributed by atoms with E-state index in [1.54, 1.807) is 14.0 Å². The molecule has 0 N–H and O–H groups in total. The van der Waals surface area contributed by atoms with Crippen LogP contribution >= 0.6 is 0 Å². The minimum Gasteiger partial charge on any atom is -0.489 e. The molecule has 0 atom stereocenters. The zero-order valence-electron chi connectivity index (χ0n) is 16.1. The normalized spacial score (nSPS) is 11.0. The van der Waals surface area contributed by atoms with E-state index in [0.717, 1.165) is 5.56 Å². The number of fused-ring (bicyclic) bond motifs is 1. The second-order valence-electron chi connectivity index (χ2n) is 6.54. The number of hydrogen-bond acceptors (Lipinski definition) is 5. The van der Waals surface area contributed by atoms with E-state index >= 15 is 0 Å². The molecular formula is C22H24O5. The van der Waals surface area contributed by atoms with Crippen molar-refractivity contribution in [2.75, 3.05) is 20.3 Å². The Morgan fingerprint density at radius 3 is 2.63 bits per heavy atom. The third-order valence-electron chi connectivity index (χ3n) is 4.46. The van der Waals surface area contributed by atoms with Gasteiger partial charge in [-0.05, 0) is 50.1 Å². The highest BCUT2D eigenvalue weighted by molar-refractivity contribution is 6.04. The molecule has 0 aliphatic carbocycles. The first-order valence-electron chi connectivity index (χ1n) is 8.87. The lowest BCUT2D eigenvalue weighted by molar-refractivity contribution is 0.0388. The highest BCUT2D eigenvalue weighted by Crippen LogP contribution is 2.30. The number of carbonyl (C=O) groups excluding carboxylic acids is 1. The van der Waals surface area contributed by atoms with E-state index in [1.807, 2.05) is 18.2 Å². The maximum absolute atomic E-state index is 12.4. The lowest BCUT2D eigenvalue weighted by atomic mass is 10.1. The fourth-order valence-corrected chi connectivity index (χ4v) is 2.95. The number of rotatable bonds is 7. The van der Waals surface area contributed by atoms with Crippen LogP contribution in [-0.4, -0.2) is 26.3 Å². The van der Waals surface area contributed by atoms with E-state index in [0.29, 0.717) is 41.3 Å². The largest absolute Gasteiger partial charge is 0.489 e. The van der Waals surface area contributed by atoms with Crippen LogP contribution in [0.5, 0.6) is 5.75 Å². The summed E-state index contributed by atoms with van der Waals surface area (Å²) in [5.41, 5.74) is 4.57. The molecule has 1 aromatic heterocycles. The molecule has 0 fully saturated rings. The van der Waals surface area contributed by atoms with Crippen molar-refractivity contribution in [3.63, 3.8) is 0 Å². The molecule has 27 heavy (non-hydrogen) atoms. The van der Waals surface area contributed by atoms with Crippen molar-refractivity contribution >= 4 is 16.9 Å². The predicted octanol–water partition coefficient (Wildman–Crippen LogP) is 4.74. The molecule has 142 valence electrons. The summed E-state index contributed by atoms with van der Waals surface area (Å²) in [6.45, 7) is 6.89. The lowest BCUT2D eigenvalue weighted by Crippen LogP contribution is -2.10. The van der Waals surface area contributed by atoms with Gasteiger partial charge in [0.25, 0.3) is 0 Å². The van der Waals surface area contributed by atoms with Crippen molar-refractivity contribution in [3.05, 3.63) is 64.4 Å². The van der Waals surface area contributed by atoms with Crippen molar-refractivity contribution in [3.8, 4) is 5.75 Å². The third-order valence-corrected chi connectivity index (χ3v) is 4.46. The topological polar surface area (TPSA) is 57.9 Å². The van der Waals surface area contributed by atoms with Crippen LogP contribution in [0.2, 0.25) is 0 Å². The molecular weight excluding hydrogens is 344 g/mol. The van der Waals surface area contributed by atoms with Crippen LogP contribution in [0.4, 0.5) is 0 Å². The van der Waals surface area contributed by atoms with Gasteiger partial charge >= 0.3 is 5.97 Å². The van der Waals surface area contributed by atoms with Crippen LogP contribution in [0.3, 0.4) is 0 Å². The van der Waals surface area contributed by atoms with E-state index in [9.17, 15) is 4.79 Å². The number of ether oxygens (including phenoxy) is 3. The van der Waals surface area contributed by atoms with E-state index < -0.39 is 5.97 Å². The van der Waals surface area contributed by atoms with Crippen LogP contribution in [0.25, 0.3) is 11.0 Å². The molecule has 0 saturated carbocycles. The summed E-state index contributed by atoms with van der Waals surface area (Å²) in [4.78, 5) is 12.4. The van der Waals surface area contributed by atoms with Gasteiger partial charge in [0, 0.05) is 12.5 Å². The number of esters is 1. The maximum atomic E-state index is 12.4. The van der Waals surface area contributed by atoms with E-state index in [-0.39, 0.29) is 6.61 Å². The van der Waals surface area contributed by atoms with Crippen LogP contribution < -0.4 is 4.74 Å². The highest BCUT2D eigenvalue weighted by atomic mass is 16.6. The second-order valence-corrected chi connectivity index (χ2v) is 6.54. The fourth-order valence-electron chi connectivity index (χ4n) is 2.95. The van der Waals surface area contributed by atoms with Crippen molar-refractivity contribution in [2.24, 2.45) is 0 Å². The first-order chi connectivity index (χ1) is 13.0. The summed E-state index contributed by atoms with van der Waals surface area (Å²) in [7, 11) is 1.56. The summed E-state index contributed by atoms with van der Waals surface area (Å²) in [6, 6.07) is 11.8. The predicted molar refractivity (Wildman–Crippen MR) is 103 cm³/mol. The number of furan rings is 1. The van der Waals surface area contributed by atoms with E-state index in [1.165, 1.54) is 11.1 Å². The SMILES string of the molecule is COCCOC(=O)c1c(C)oc2ccc(OCc3cc(C)ccc3C)cc12. The molecule has 0 radical (unpaired) electrons. The molecule has 0 aliphatic rings. The summed E-state index contributed by atoms with van der Waals surface area (Å²) < 4.78 is 21.8. The molecule has 5 nitrogen and oxygen atoms in total. The Balaban J connectivity index is 1.82. The van der Waals surface area contributed by atoms with Gasteiger partial charge in [-0.3, -0.25) is 0 Å². The van der Waals surface area contributed by atoms with Crippen LogP contribution in [0.15, 0.2) is 40.8 Å². The quantitative estimate of drug-likeness (QED) is 0.445. The van der Waals surface area contributed by atoms with E-state index in [4.69, 9.17) is 18.6 Å². The number of benzene rings is 2. The lowest BCUT2D eigenvalue weighted by Gasteiger charge is -2.10. The molecule has 3 aromatic rings. The van der Waals surface area contributed by atoms with Gasteiger partial charge in [-0.1, -0.05) is 23.8 Å². The Labute approximate surface area is 158 Å². The smallest absolute Gasteiger partial charge is 0.342 e. The van der Waals surface area contributed by atoms with Gasteiger partial charge in [-0.15, -0.1) is 0 Å². The molecule has 0 bridgehead atoms. The molecule has 1 heterocycles. The number of methoxy groups -OCH3 is 1. The van der Waals surface area contributed by atoms with Gasteiger partial charge in [0.05, 0.1) is 6.61 Å². The molecule has 0 aliphatic heterocycles. The Bertz CT molecular complexity index is 955. The maximum Gasteiger partial charge on any atom is 0.342 e. The summed E-state index contributed by atoms with van der Waals surface area (Å²) >= 11 is 0. The van der Waals surface area contributed by atoms with Gasteiger partial charge in [0.2, 0.25) is 0 Å². The standard InChI is InChI=1S/C22H24O5/c1-14-5-6-15(2)17(11-14)13-26-18-7-8-20-19(12-18)21(16(3)27-20)22(23)25-10-9-24-4/h5-8,11-12H,9-10,13H2,1-4H3. The van der Waals surface area contributed by atoms with Gasteiger partial charge in [0.1, 0.15) is 35.9 Å². The first-order valence-corrected chi connectivity index (χ1v) is 8.87.